The molecule has 0 spiro atoms. The Balaban J connectivity index is 1.83. The molecule has 2 aromatic rings. The van der Waals surface area contributed by atoms with Crippen molar-refractivity contribution in [1.29, 1.82) is 0 Å². The molecule has 0 aromatic heterocycles. The number of nitrogens with zero attached hydrogens (tertiary/aromatic N) is 1. The van der Waals surface area contributed by atoms with Gasteiger partial charge in [0.05, 0.1) is 13.0 Å². The average Bonchev–Trinajstić information content (AvgIpc) is 3.21. The Labute approximate surface area is 180 Å². The van der Waals surface area contributed by atoms with Crippen molar-refractivity contribution in [3.8, 4) is 5.75 Å². The highest BCUT2D eigenvalue weighted by Crippen LogP contribution is 2.32. The smallest absolute Gasteiger partial charge is 0.246 e. The molecule has 1 heterocycles. The van der Waals surface area contributed by atoms with Crippen LogP contribution in [0.3, 0.4) is 0 Å². The van der Waals surface area contributed by atoms with E-state index in [1.807, 2.05) is 0 Å². The SMILES string of the molecule is CCOc1ccc(NC(=O)Cc2ccc(Cl)cc2Cl)cc1S(=O)(=O)N1CCCC1. The number of ether oxygens (including phenoxy) is 1. The van der Waals surface area contributed by atoms with Gasteiger partial charge in [-0.25, -0.2) is 8.42 Å². The zero-order chi connectivity index (χ0) is 21.0. The lowest BCUT2D eigenvalue weighted by atomic mass is 10.1. The van der Waals surface area contributed by atoms with Crippen molar-refractivity contribution in [1.82, 2.24) is 4.31 Å². The van der Waals surface area contributed by atoms with Crippen molar-refractivity contribution < 1.29 is 17.9 Å². The van der Waals surface area contributed by atoms with Gasteiger partial charge in [0.2, 0.25) is 15.9 Å². The molecule has 1 N–H and O–H groups in total. The summed E-state index contributed by atoms with van der Waals surface area (Å²) in [5.41, 5.74) is 1.01. The molecule has 0 unspecified atom stereocenters. The number of rotatable bonds is 7. The van der Waals surface area contributed by atoms with Gasteiger partial charge in [0.25, 0.3) is 0 Å². The van der Waals surface area contributed by atoms with E-state index in [1.54, 1.807) is 37.3 Å². The van der Waals surface area contributed by atoms with E-state index in [1.165, 1.54) is 10.4 Å². The highest BCUT2D eigenvalue weighted by Gasteiger charge is 2.30. The maximum absolute atomic E-state index is 13.0. The van der Waals surface area contributed by atoms with Gasteiger partial charge in [-0.3, -0.25) is 4.79 Å². The van der Waals surface area contributed by atoms with Gasteiger partial charge in [0.15, 0.2) is 0 Å². The summed E-state index contributed by atoms with van der Waals surface area (Å²) in [5.74, 6) is -0.0407. The fourth-order valence-electron chi connectivity index (χ4n) is 3.17. The highest BCUT2D eigenvalue weighted by atomic mass is 35.5. The van der Waals surface area contributed by atoms with Crippen LogP contribution in [0.2, 0.25) is 10.0 Å². The molecule has 0 radical (unpaired) electrons. The zero-order valence-electron chi connectivity index (χ0n) is 16.0. The molecule has 156 valence electrons. The Hall–Kier alpha value is -1.80. The third-order valence-corrected chi connectivity index (χ3v) is 7.08. The van der Waals surface area contributed by atoms with Gasteiger partial charge in [-0.15, -0.1) is 0 Å². The normalized spacial score (nSPS) is 14.7. The van der Waals surface area contributed by atoms with E-state index >= 15 is 0 Å². The second-order valence-electron chi connectivity index (χ2n) is 6.67. The maximum Gasteiger partial charge on any atom is 0.246 e. The number of benzene rings is 2. The van der Waals surface area contributed by atoms with Gasteiger partial charge in [-0.05, 0) is 55.7 Å². The summed E-state index contributed by atoms with van der Waals surface area (Å²) in [6.45, 7) is 3.10. The Morgan fingerprint density at radius 2 is 1.86 bits per heavy atom. The summed E-state index contributed by atoms with van der Waals surface area (Å²) in [6.07, 6.45) is 1.71. The zero-order valence-corrected chi connectivity index (χ0v) is 18.3. The first-order valence-electron chi connectivity index (χ1n) is 9.32. The van der Waals surface area contributed by atoms with E-state index in [0.717, 1.165) is 12.8 Å². The molecule has 0 aliphatic carbocycles. The van der Waals surface area contributed by atoms with Gasteiger partial charge >= 0.3 is 0 Å². The van der Waals surface area contributed by atoms with Crippen molar-refractivity contribution in [3.05, 3.63) is 52.0 Å². The number of anilines is 1. The maximum atomic E-state index is 13.0. The van der Waals surface area contributed by atoms with E-state index in [2.05, 4.69) is 5.32 Å². The van der Waals surface area contributed by atoms with Gasteiger partial charge in [-0.2, -0.15) is 4.31 Å². The number of sulfonamides is 1. The van der Waals surface area contributed by atoms with Crippen LogP contribution in [0.5, 0.6) is 5.75 Å². The van der Waals surface area contributed by atoms with Crippen molar-refractivity contribution in [2.45, 2.75) is 31.1 Å². The number of hydrogen-bond donors (Lipinski definition) is 1. The highest BCUT2D eigenvalue weighted by molar-refractivity contribution is 7.89. The molecule has 6 nitrogen and oxygen atoms in total. The molecule has 1 aliphatic heterocycles. The molecule has 0 atom stereocenters. The molecule has 2 aromatic carbocycles. The number of hydrogen-bond acceptors (Lipinski definition) is 4. The second kappa shape index (κ2) is 9.34. The Morgan fingerprint density at radius 3 is 2.52 bits per heavy atom. The summed E-state index contributed by atoms with van der Waals surface area (Å²) in [5, 5.41) is 3.62. The predicted octanol–water partition coefficient (Wildman–Crippen LogP) is 4.36. The second-order valence-corrected chi connectivity index (χ2v) is 9.42. The van der Waals surface area contributed by atoms with Crippen LogP contribution in [-0.2, 0) is 21.2 Å². The van der Waals surface area contributed by atoms with E-state index in [4.69, 9.17) is 27.9 Å². The summed E-state index contributed by atoms with van der Waals surface area (Å²) in [7, 11) is -3.70. The van der Waals surface area contributed by atoms with Crippen LogP contribution < -0.4 is 10.1 Å². The van der Waals surface area contributed by atoms with E-state index in [-0.39, 0.29) is 23.0 Å². The lowest BCUT2D eigenvalue weighted by Crippen LogP contribution is -2.28. The van der Waals surface area contributed by atoms with Gasteiger partial charge in [0, 0.05) is 28.8 Å². The molecular weight excluding hydrogens is 435 g/mol. The van der Waals surface area contributed by atoms with Gasteiger partial charge in [-0.1, -0.05) is 29.3 Å². The minimum absolute atomic E-state index is 0.0391. The molecule has 1 fully saturated rings. The van der Waals surface area contributed by atoms with Crippen molar-refractivity contribution in [2.75, 3.05) is 25.0 Å². The number of nitrogens with one attached hydrogen (secondary N) is 1. The first-order valence-corrected chi connectivity index (χ1v) is 11.5. The van der Waals surface area contributed by atoms with Crippen molar-refractivity contribution in [3.63, 3.8) is 0 Å². The van der Waals surface area contributed by atoms with Crippen LogP contribution in [0.25, 0.3) is 0 Å². The number of halogens is 2. The van der Waals surface area contributed by atoms with Gasteiger partial charge < -0.3 is 10.1 Å². The summed E-state index contributed by atoms with van der Waals surface area (Å²) < 4.78 is 33.0. The van der Waals surface area contributed by atoms with Crippen LogP contribution >= 0.6 is 23.2 Å². The first kappa shape index (κ1) is 21.9. The first-order chi connectivity index (χ1) is 13.8. The molecule has 1 amide bonds. The number of carbonyl (C=O) groups excluding carboxylic acids is 1. The molecular formula is C20H22Cl2N2O4S. The Morgan fingerprint density at radius 1 is 1.14 bits per heavy atom. The van der Waals surface area contributed by atoms with Crippen molar-refractivity contribution >= 4 is 44.8 Å². The van der Waals surface area contributed by atoms with Crippen molar-refractivity contribution in [2.24, 2.45) is 0 Å². The van der Waals surface area contributed by atoms with Crippen LogP contribution in [-0.4, -0.2) is 38.3 Å². The van der Waals surface area contributed by atoms with Crippen LogP contribution in [0.1, 0.15) is 25.3 Å². The Kier molecular flexibility index (Phi) is 7.05. The third-order valence-electron chi connectivity index (χ3n) is 4.58. The molecule has 0 saturated carbocycles. The summed E-state index contributed by atoms with van der Waals surface area (Å²) in [4.78, 5) is 12.5. The predicted molar refractivity (Wildman–Crippen MR) is 114 cm³/mol. The fourth-order valence-corrected chi connectivity index (χ4v) is 5.32. The average molecular weight is 457 g/mol. The summed E-state index contributed by atoms with van der Waals surface area (Å²) in [6, 6.07) is 9.55. The van der Waals surface area contributed by atoms with E-state index in [9.17, 15) is 13.2 Å². The molecule has 0 bridgehead atoms. The molecule has 9 heteroatoms. The summed E-state index contributed by atoms with van der Waals surface area (Å²) >= 11 is 12.0. The minimum atomic E-state index is -3.70. The fraction of sp³-hybridized carbons (Fsp3) is 0.350. The lowest BCUT2D eigenvalue weighted by Gasteiger charge is -2.19. The standard InChI is InChI=1S/C20H22Cl2N2O4S/c1-2-28-18-8-7-16(13-19(18)29(26,27)24-9-3-4-10-24)23-20(25)11-14-5-6-15(21)12-17(14)22/h5-8,12-13H,2-4,9-11H2,1H3,(H,23,25). The molecule has 29 heavy (non-hydrogen) atoms. The molecule has 3 rings (SSSR count). The largest absolute Gasteiger partial charge is 0.492 e. The van der Waals surface area contributed by atoms with E-state index in [0.29, 0.717) is 41.0 Å². The van der Waals surface area contributed by atoms with E-state index < -0.39 is 10.0 Å². The lowest BCUT2D eigenvalue weighted by molar-refractivity contribution is -0.115. The van der Waals surface area contributed by atoms with Crippen LogP contribution in [0, 0.1) is 0 Å². The third kappa shape index (κ3) is 5.22. The minimum Gasteiger partial charge on any atom is -0.492 e. The number of carbonyl (C=O) groups is 1. The monoisotopic (exact) mass is 456 g/mol. The molecule has 1 aliphatic rings. The topological polar surface area (TPSA) is 75.7 Å². The van der Waals surface area contributed by atoms with Gasteiger partial charge in [0.1, 0.15) is 10.6 Å². The van der Waals surface area contributed by atoms with Crippen LogP contribution in [0.15, 0.2) is 41.3 Å². The molecule has 1 saturated heterocycles. The quantitative estimate of drug-likeness (QED) is 0.671. The Bertz CT molecular complexity index is 1010. The number of amides is 1. The van der Waals surface area contributed by atoms with Crippen LogP contribution in [0.4, 0.5) is 5.69 Å².